The predicted molar refractivity (Wildman–Crippen MR) is 83.4 cm³/mol. The van der Waals surface area contributed by atoms with Gasteiger partial charge >= 0.3 is 0 Å². The minimum atomic E-state index is -1.03. The van der Waals surface area contributed by atoms with Gasteiger partial charge in [0.25, 0.3) is 5.91 Å². The number of rotatable bonds is 5. The summed E-state index contributed by atoms with van der Waals surface area (Å²) >= 11 is 0. The number of nitrogens with one attached hydrogen (secondary N) is 1. The van der Waals surface area contributed by atoms with Crippen molar-refractivity contribution < 1.29 is 23.4 Å². The molecule has 0 aromatic heterocycles. The molecular formula is C18H17F2NO3. The standard InChI is InChI=1S/C18H17F2NO3/c19-15-7-6-14(8-16(15)20)24-11-17(23)21-18(9-13(22)10-18)12-4-2-1-3-5-12/h1-8,13,22H,9-11H2,(H,21,23). The Bertz CT molecular complexity index is 730. The average molecular weight is 333 g/mol. The van der Waals surface area contributed by atoms with Crippen molar-refractivity contribution in [1.82, 2.24) is 5.32 Å². The zero-order chi connectivity index (χ0) is 17.2. The van der Waals surface area contributed by atoms with Crippen LogP contribution in [0.15, 0.2) is 48.5 Å². The highest BCUT2D eigenvalue weighted by atomic mass is 19.2. The average Bonchev–Trinajstić information content (AvgIpc) is 2.55. The van der Waals surface area contributed by atoms with E-state index in [4.69, 9.17) is 4.74 Å². The minimum Gasteiger partial charge on any atom is -0.484 e. The fourth-order valence-corrected chi connectivity index (χ4v) is 2.93. The van der Waals surface area contributed by atoms with Crippen LogP contribution in [0.1, 0.15) is 18.4 Å². The molecule has 0 heterocycles. The summed E-state index contributed by atoms with van der Waals surface area (Å²) in [6, 6.07) is 12.5. The van der Waals surface area contributed by atoms with Crippen LogP contribution in [0.4, 0.5) is 8.78 Å². The third-order valence-corrected chi connectivity index (χ3v) is 4.13. The Kier molecular flexibility index (Phi) is 4.49. The van der Waals surface area contributed by atoms with E-state index in [-0.39, 0.29) is 12.4 Å². The van der Waals surface area contributed by atoms with Crippen LogP contribution in [0.3, 0.4) is 0 Å². The molecule has 1 amide bonds. The first-order valence-corrected chi connectivity index (χ1v) is 7.61. The Morgan fingerprint density at radius 3 is 2.50 bits per heavy atom. The molecule has 3 rings (SSSR count). The third kappa shape index (κ3) is 3.38. The highest BCUT2D eigenvalue weighted by molar-refractivity contribution is 5.79. The number of hydrogen-bond acceptors (Lipinski definition) is 3. The number of aliphatic hydroxyl groups excluding tert-OH is 1. The molecule has 4 nitrogen and oxygen atoms in total. The second kappa shape index (κ2) is 6.57. The van der Waals surface area contributed by atoms with E-state index >= 15 is 0 Å². The maximum absolute atomic E-state index is 13.1. The Hall–Kier alpha value is -2.47. The first-order chi connectivity index (χ1) is 11.5. The normalized spacial score (nSPS) is 22.5. The largest absolute Gasteiger partial charge is 0.484 e. The number of aliphatic hydroxyl groups is 1. The SMILES string of the molecule is O=C(COc1ccc(F)c(F)c1)NC1(c2ccccc2)CC(O)C1. The molecule has 0 spiro atoms. The van der Waals surface area contributed by atoms with Gasteiger partial charge in [0.2, 0.25) is 0 Å². The van der Waals surface area contributed by atoms with Crippen LogP contribution in [0.2, 0.25) is 0 Å². The summed E-state index contributed by atoms with van der Waals surface area (Å²) in [6.45, 7) is -0.324. The first-order valence-electron chi connectivity index (χ1n) is 7.61. The van der Waals surface area contributed by atoms with Gasteiger partial charge in [-0.25, -0.2) is 8.78 Å². The molecule has 0 atom stereocenters. The van der Waals surface area contributed by atoms with E-state index < -0.39 is 29.2 Å². The van der Waals surface area contributed by atoms with Crippen molar-refractivity contribution in [2.24, 2.45) is 0 Å². The quantitative estimate of drug-likeness (QED) is 0.884. The van der Waals surface area contributed by atoms with Crippen LogP contribution < -0.4 is 10.1 Å². The van der Waals surface area contributed by atoms with Crippen LogP contribution in [0.5, 0.6) is 5.75 Å². The molecule has 0 unspecified atom stereocenters. The summed E-state index contributed by atoms with van der Waals surface area (Å²) < 4.78 is 31.2. The Morgan fingerprint density at radius 1 is 1.17 bits per heavy atom. The number of halogens is 2. The molecular weight excluding hydrogens is 316 g/mol. The van der Waals surface area contributed by atoms with Crippen molar-refractivity contribution >= 4 is 5.91 Å². The summed E-state index contributed by atoms with van der Waals surface area (Å²) in [4.78, 5) is 12.2. The molecule has 2 aromatic rings. The van der Waals surface area contributed by atoms with Gasteiger partial charge in [-0.05, 0) is 17.7 Å². The molecule has 0 saturated heterocycles. The first kappa shape index (κ1) is 16.4. The molecule has 24 heavy (non-hydrogen) atoms. The Morgan fingerprint density at radius 2 is 1.88 bits per heavy atom. The molecule has 1 aliphatic rings. The van der Waals surface area contributed by atoms with Gasteiger partial charge in [0.1, 0.15) is 5.75 Å². The molecule has 2 N–H and O–H groups in total. The molecule has 0 aliphatic heterocycles. The van der Waals surface area contributed by atoms with Gasteiger partial charge in [-0.2, -0.15) is 0 Å². The maximum Gasteiger partial charge on any atom is 0.258 e. The van der Waals surface area contributed by atoms with Crippen LogP contribution in [-0.2, 0) is 10.3 Å². The van der Waals surface area contributed by atoms with Crippen LogP contribution >= 0.6 is 0 Å². The fraction of sp³-hybridized carbons (Fsp3) is 0.278. The zero-order valence-electron chi connectivity index (χ0n) is 12.8. The number of hydrogen-bond donors (Lipinski definition) is 2. The summed E-state index contributed by atoms with van der Waals surface area (Å²) in [7, 11) is 0. The van der Waals surface area contributed by atoms with Crippen molar-refractivity contribution in [1.29, 1.82) is 0 Å². The highest BCUT2D eigenvalue weighted by Gasteiger charge is 2.45. The van der Waals surface area contributed by atoms with E-state index in [1.807, 2.05) is 30.3 Å². The van der Waals surface area contributed by atoms with Crippen LogP contribution in [-0.4, -0.2) is 23.7 Å². The highest BCUT2D eigenvalue weighted by Crippen LogP contribution is 2.41. The summed E-state index contributed by atoms with van der Waals surface area (Å²) in [6.07, 6.45) is 0.389. The summed E-state index contributed by atoms with van der Waals surface area (Å²) in [5.74, 6) is -2.32. The van der Waals surface area contributed by atoms with Crippen molar-refractivity contribution in [2.45, 2.75) is 24.5 Å². The maximum atomic E-state index is 13.1. The van der Waals surface area contributed by atoms with Gasteiger partial charge in [0.05, 0.1) is 11.6 Å². The molecule has 2 aromatic carbocycles. The van der Waals surface area contributed by atoms with E-state index in [1.165, 1.54) is 6.07 Å². The second-order valence-electron chi connectivity index (χ2n) is 5.92. The number of carbonyl (C=O) groups is 1. The molecule has 1 fully saturated rings. The predicted octanol–water partition coefficient (Wildman–Crippen LogP) is 2.51. The van der Waals surface area contributed by atoms with Gasteiger partial charge in [0, 0.05) is 18.9 Å². The topological polar surface area (TPSA) is 58.6 Å². The van der Waals surface area contributed by atoms with Crippen molar-refractivity contribution in [3.8, 4) is 5.75 Å². The van der Waals surface area contributed by atoms with Gasteiger partial charge in [-0.3, -0.25) is 4.79 Å². The van der Waals surface area contributed by atoms with Gasteiger partial charge in [-0.1, -0.05) is 30.3 Å². The lowest BCUT2D eigenvalue weighted by Gasteiger charge is -2.46. The van der Waals surface area contributed by atoms with E-state index in [0.717, 1.165) is 17.7 Å². The van der Waals surface area contributed by atoms with Gasteiger partial charge in [-0.15, -0.1) is 0 Å². The summed E-state index contributed by atoms with van der Waals surface area (Å²) in [5.41, 5.74) is 0.297. The van der Waals surface area contributed by atoms with Crippen molar-refractivity contribution in [2.75, 3.05) is 6.61 Å². The fourth-order valence-electron chi connectivity index (χ4n) is 2.93. The van der Waals surface area contributed by atoms with Crippen LogP contribution in [0.25, 0.3) is 0 Å². The van der Waals surface area contributed by atoms with E-state index in [9.17, 15) is 18.7 Å². The number of ether oxygens (including phenoxy) is 1. The number of benzene rings is 2. The van der Waals surface area contributed by atoms with E-state index in [0.29, 0.717) is 12.8 Å². The van der Waals surface area contributed by atoms with E-state index in [2.05, 4.69) is 5.32 Å². The molecule has 126 valence electrons. The molecule has 6 heteroatoms. The lowest BCUT2D eigenvalue weighted by molar-refractivity contribution is -0.128. The second-order valence-corrected chi connectivity index (χ2v) is 5.92. The number of carbonyl (C=O) groups excluding carboxylic acids is 1. The monoisotopic (exact) mass is 333 g/mol. The molecule has 1 aliphatic carbocycles. The van der Waals surface area contributed by atoms with E-state index in [1.54, 1.807) is 0 Å². The lowest BCUT2D eigenvalue weighted by Crippen LogP contribution is -2.57. The molecule has 1 saturated carbocycles. The van der Waals surface area contributed by atoms with Crippen molar-refractivity contribution in [3.05, 3.63) is 65.7 Å². The Labute approximate surface area is 138 Å². The van der Waals surface area contributed by atoms with Gasteiger partial charge < -0.3 is 15.2 Å². The minimum absolute atomic E-state index is 0.0754. The number of amides is 1. The van der Waals surface area contributed by atoms with Gasteiger partial charge in [0.15, 0.2) is 18.2 Å². The smallest absolute Gasteiger partial charge is 0.258 e. The lowest BCUT2D eigenvalue weighted by atomic mass is 9.69. The zero-order valence-corrected chi connectivity index (χ0v) is 12.8. The summed E-state index contributed by atoms with van der Waals surface area (Å²) in [5, 5.41) is 12.5. The third-order valence-electron chi connectivity index (χ3n) is 4.13. The van der Waals surface area contributed by atoms with Crippen molar-refractivity contribution in [3.63, 3.8) is 0 Å². The molecule has 0 bridgehead atoms. The Balaban J connectivity index is 1.63. The molecule has 0 radical (unpaired) electrons. The van der Waals surface area contributed by atoms with Crippen LogP contribution in [0, 0.1) is 11.6 Å².